The van der Waals surface area contributed by atoms with Gasteiger partial charge in [0.25, 0.3) is 0 Å². The number of anilines is 1. The third-order valence-corrected chi connectivity index (χ3v) is 3.46. The SMILES string of the molecule is Cn1cc(CNc2ccccc2SCC(N)=O)nn1. The Labute approximate surface area is 115 Å². The monoisotopic (exact) mass is 277 g/mol. The molecule has 3 N–H and O–H groups in total. The van der Waals surface area contributed by atoms with Gasteiger partial charge in [0.2, 0.25) is 5.91 Å². The molecule has 0 saturated carbocycles. The van der Waals surface area contributed by atoms with E-state index in [0.717, 1.165) is 16.3 Å². The highest BCUT2D eigenvalue weighted by molar-refractivity contribution is 8.00. The first-order valence-electron chi connectivity index (χ1n) is 5.74. The first kappa shape index (κ1) is 13.4. The molecule has 0 atom stereocenters. The minimum Gasteiger partial charge on any atom is -0.378 e. The van der Waals surface area contributed by atoms with E-state index in [1.165, 1.54) is 11.8 Å². The summed E-state index contributed by atoms with van der Waals surface area (Å²) in [7, 11) is 1.83. The van der Waals surface area contributed by atoms with Crippen LogP contribution in [-0.4, -0.2) is 26.7 Å². The van der Waals surface area contributed by atoms with Gasteiger partial charge in [-0.05, 0) is 12.1 Å². The van der Waals surface area contributed by atoms with Gasteiger partial charge in [-0.2, -0.15) is 0 Å². The normalized spacial score (nSPS) is 10.4. The van der Waals surface area contributed by atoms with Crippen molar-refractivity contribution in [3.63, 3.8) is 0 Å². The van der Waals surface area contributed by atoms with E-state index >= 15 is 0 Å². The summed E-state index contributed by atoms with van der Waals surface area (Å²) in [6, 6.07) is 7.77. The maximum atomic E-state index is 10.8. The van der Waals surface area contributed by atoms with Crippen LogP contribution in [0.5, 0.6) is 0 Å². The Balaban J connectivity index is 2.01. The molecule has 2 aromatic rings. The Morgan fingerprint density at radius 3 is 2.95 bits per heavy atom. The van der Waals surface area contributed by atoms with Crippen molar-refractivity contribution in [3.05, 3.63) is 36.2 Å². The number of aromatic nitrogens is 3. The van der Waals surface area contributed by atoms with Crippen molar-refractivity contribution in [1.29, 1.82) is 0 Å². The maximum Gasteiger partial charge on any atom is 0.227 e. The summed E-state index contributed by atoms with van der Waals surface area (Å²) < 4.78 is 1.66. The fourth-order valence-electron chi connectivity index (χ4n) is 1.55. The van der Waals surface area contributed by atoms with E-state index in [-0.39, 0.29) is 11.7 Å². The lowest BCUT2D eigenvalue weighted by molar-refractivity contribution is -0.115. The summed E-state index contributed by atoms with van der Waals surface area (Å²) in [5.41, 5.74) is 6.97. The third-order valence-electron chi connectivity index (χ3n) is 2.37. The molecule has 0 bridgehead atoms. The zero-order valence-corrected chi connectivity index (χ0v) is 11.4. The van der Waals surface area contributed by atoms with Crippen molar-refractivity contribution >= 4 is 23.4 Å². The molecule has 0 fully saturated rings. The molecule has 0 saturated heterocycles. The summed E-state index contributed by atoms with van der Waals surface area (Å²) in [5.74, 6) is -0.0576. The molecule has 1 heterocycles. The molecule has 6 nitrogen and oxygen atoms in total. The summed E-state index contributed by atoms with van der Waals surface area (Å²) in [5, 5.41) is 11.2. The number of nitrogens with zero attached hydrogens (tertiary/aromatic N) is 3. The number of nitrogens with two attached hydrogens (primary N) is 1. The van der Waals surface area contributed by atoms with Crippen molar-refractivity contribution in [1.82, 2.24) is 15.0 Å². The maximum absolute atomic E-state index is 10.8. The van der Waals surface area contributed by atoms with Crippen molar-refractivity contribution in [2.24, 2.45) is 12.8 Å². The molecule has 1 aromatic heterocycles. The van der Waals surface area contributed by atoms with Gasteiger partial charge in [-0.1, -0.05) is 17.3 Å². The molecule has 0 radical (unpaired) electrons. The van der Waals surface area contributed by atoms with Crippen LogP contribution in [0.2, 0.25) is 0 Å². The quantitative estimate of drug-likeness (QED) is 0.769. The molecule has 100 valence electrons. The Kier molecular flexibility index (Phi) is 4.40. The molecule has 0 aliphatic carbocycles. The van der Waals surface area contributed by atoms with Gasteiger partial charge in [0, 0.05) is 23.8 Å². The predicted molar refractivity (Wildman–Crippen MR) is 74.7 cm³/mol. The van der Waals surface area contributed by atoms with Gasteiger partial charge >= 0.3 is 0 Å². The first-order valence-corrected chi connectivity index (χ1v) is 6.73. The number of carbonyl (C=O) groups is 1. The Morgan fingerprint density at radius 1 is 1.47 bits per heavy atom. The summed E-state index contributed by atoms with van der Waals surface area (Å²) in [6.07, 6.45) is 1.85. The highest BCUT2D eigenvalue weighted by atomic mass is 32.2. The number of para-hydroxylation sites is 1. The van der Waals surface area contributed by atoms with Crippen LogP contribution in [-0.2, 0) is 18.4 Å². The number of thioether (sulfide) groups is 1. The number of benzene rings is 1. The van der Waals surface area contributed by atoms with Gasteiger partial charge in [-0.3, -0.25) is 9.48 Å². The van der Waals surface area contributed by atoms with Crippen LogP contribution in [0.4, 0.5) is 5.69 Å². The van der Waals surface area contributed by atoms with Crippen LogP contribution in [0.3, 0.4) is 0 Å². The Bertz CT molecular complexity index is 569. The second kappa shape index (κ2) is 6.24. The Hall–Kier alpha value is -2.02. The first-order chi connectivity index (χ1) is 9.15. The molecule has 2 rings (SSSR count). The molecule has 0 unspecified atom stereocenters. The van der Waals surface area contributed by atoms with Crippen LogP contribution in [0.15, 0.2) is 35.4 Å². The average Bonchev–Trinajstić information content (AvgIpc) is 2.80. The fourth-order valence-corrected chi connectivity index (χ4v) is 2.32. The van der Waals surface area contributed by atoms with E-state index < -0.39 is 0 Å². The van der Waals surface area contributed by atoms with E-state index in [0.29, 0.717) is 6.54 Å². The largest absolute Gasteiger partial charge is 0.378 e. The lowest BCUT2D eigenvalue weighted by atomic mass is 10.3. The molecular weight excluding hydrogens is 262 g/mol. The smallest absolute Gasteiger partial charge is 0.227 e. The summed E-state index contributed by atoms with van der Waals surface area (Å²) >= 11 is 1.42. The lowest BCUT2D eigenvalue weighted by Crippen LogP contribution is -2.13. The zero-order chi connectivity index (χ0) is 13.7. The second-order valence-corrected chi connectivity index (χ2v) is 5.01. The van der Waals surface area contributed by atoms with E-state index in [9.17, 15) is 4.79 Å². The van der Waals surface area contributed by atoms with Crippen LogP contribution in [0.1, 0.15) is 5.69 Å². The molecule has 1 amide bonds. The zero-order valence-electron chi connectivity index (χ0n) is 10.5. The number of amides is 1. The molecule has 7 heteroatoms. The van der Waals surface area contributed by atoms with Crippen LogP contribution >= 0.6 is 11.8 Å². The molecular formula is C12H15N5OS. The number of hydrogen-bond donors (Lipinski definition) is 2. The number of primary amides is 1. The van der Waals surface area contributed by atoms with Gasteiger partial charge in [-0.25, -0.2) is 0 Å². The van der Waals surface area contributed by atoms with Crippen molar-refractivity contribution < 1.29 is 4.79 Å². The lowest BCUT2D eigenvalue weighted by Gasteiger charge is -2.09. The Morgan fingerprint density at radius 2 is 2.26 bits per heavy atom. The highest BCUT2D eigenvalue weighted by Gasteiger charge is 2.05. The van der Waals surface area contributed by atoms with Gasteiger partial charge in [0.05, 0.1) is 12.3 Å². The average molecular weight is 277 g/mol. The fraction of sp³-hybridized carbons (Fsp3) is 0.250. The number of rotatable bonds is 6. The number of nitrogens with one attached hydrogen (secondary N) is 1. The van der Waals surface area contributed by atoms with Crippen molar-refractivity contribution in [2.75, 3.05) is 11.1 Å². The number of hydrogen-bond acceptors (Lipinski definition) is 5. The molecule has 0 spiro atoms. The standard InChI is InChI=1S/C12H15N5OS/c1-17-7-9(15-16-17)6-14-10-4-2-3-5-11(10)19-8-12(13)18/h2-5,7,14H,6,8H2,1H3,(H2,13,18). The van der Waals surface area contributed by atoms with Gasteiger partial charge < -0.3 is 11.1 Å². The molecule has 1 aromatic carbocycles. The van der Waals surface area contributed by atoms with E-state index in [1.54, 1.807) is 4.68 Å². The van der Waals surface area contributed by atoms with Gasteiger partial charge in [0.1, 0.15) is 5.69 Å². The highest BCUT2D eigenvalue weighted by Crippen LogP contribution is 2.26. The second-order valence-electron chi connectivity index (χ2n) is 3.99. The van der Waals surface area contributed by atoms with E-state index in [4.69, 9.17) is 5.73 Å². The number of aryl methyl sites for hydroxylation is 1. The topological polar surface area (TPSA) is 85.8 Å². The van der Waals surface area contributed by atoms with Gasteiger partial charge in [-0.15, -0.1) is 16.9 Å². The third kappa shape index (κ3) is 3.99. The summed E-state index contributed by atoms with van der Waals surface area (Å²) in [4.78, 5) is 11.8. The predicted octanol–water partition coefficient (Wildman–Crippen LogP) is 1.00. The van der Waals surface area contributed by atoms with Crippen LogP contribution < -0.4 is 11.1 Å². The van der Waals surface area contributed by atoms with E-state index in [1.807, 2.05) is 37.5 Å². The minimum absolute atomic E-state index is 0.268. The van der Waals surface area contributed by atoms with Crippen molar-refractivity contribution in [2.45, 2.75) is 11.4 Å². The summed E-state index contributed by atoms with van der Waals surface area (Å²) in [6.45, 7) is 0.585. The molecule has 19 heavy (non-hydrogen) atoms. The van der Waals surface area contributed by atoms with Crippen molar-refractivity contribution in [3.8, 4) is 0 Å². The molecule has 0 aliphatic heterocycles. The van der Waals surface area contributed by atoms with Crippen LogP contribution in [0.25, 0.3) is 0 Å². The van der Waals surface area contributed by atoms with E-state index in [2.05, 4.69) is 15.6 Å². The van der Waals surface area contributed by atoms with Gasteiger partial charge in [0.15, 0.2) is 0 Å². The number of carbonyl (C=O) groups excluding carboxylic acids is 1. The molecule has 0 aliphatic rings. The minimum atomic E-state index is -0.325. The van der Waals surface area contributed by atoms with Crippen LogP contribution in [0, 0.1) is 0 Å².